The second kappa shape index (κ2) is 4.68. The van der Waals surface area contributed by atoms with Crippen LogP contribution < -0.4 is 0 Å². The standard InChI is InChI=1S/C3H3NS.CH2N4/c1-2-5-3-4-1;1-2-4-5-3-1/h1-3H;1H2. The van der Waals surface area contributed by atoms with Gasteiger partial charge in [-0.25, -0.2) is 0 Å². The van der Waals surface area contributed by atoms with E-state index in [1.54, 1.807) is 23.0 Å². The van der Waals surface area contributed by atoms with Crippen LogP contribution in [0.15, 0.2) is 37.8 Å². The third kappa shape index (κ3) is 2.98. The number of aromatic nitrogens is 1. The molecular weight excluding hydrogens is 150 g/mol. The molecule has 0 aliphatic carbocycles. The number of rotatable bonds is 0. The summed E-state index contributed by atoms with van der Waals surface area (Å²) in [5.41, 5.74) is 1.79. The lowest BCUT2D eigenvalue weighted by atomic mass is 11.0. The molecule has 10 heavy (non-hydrogen) atoms. The first-order valence-corrected chi connectivity index (χ1v) is 3.50. The van der Waals surface area contributed by atoms with Gasteiger partial charge in [0.05, 0.1) is 5.51 Å². The molecule has 0 spiro atoms. The predicted molar refractivity (Wildman–Crippen MR) is 36.7 cm³/mol. The van der Waals surface area contributed by atoms with Gasteiger partial charge in [-0.1, -0.05) is 0 Å². The van der Waals surface area contributed by atoms with E-state index in [1.165, 1.54) is 0 Å². The maximum Gasteiger partial charge on any atom is 0.175 e. The molecule has 0 atom stereocenters. The topological polar surface area (TPSA) is 62.3 Å². The molecule has 6 heteroatoms. The lowest BCUT2D eigenvalue weighted by Crippen LogP contribution is -1.52. The van der Waals surface area contributed by atoms with E-state index in [2.05, 4.69) is 25.7 Å². The van der Waals surface area contributed by atoms with Crippen LogP contribution in [0.4, 0.5) is 0 Å². The van der Waals surface area contributed by atoms with Gasteiger partial charge < -0.3 is 0 Å². The molecule has 0 fully saturated rings. The van der Waals surface area contributed by atoms with Gasteiger partial charge >= 0.3 is 0 Å². The first-order valence-electron chi connectivity index (χ1n) is 2.55. The highest BCUT2D eigenvalue weighted by molar-refractivity contribution is 7.07. The van der Waals surface area contributed by atoms with Gasteiger partial charge in [-0.15, -0.1) is 21.6 Å². The van der Waals surface area contributed by atoms with Gasteiger partial charge in [0, 0.05) is 11.6 Å². The highest BCUT2D eigenvalue weighted by Crippen LogP contribution is 1.88. The third-order valence-electron chi connectivity index (χ3n) is 0.640. The monoisotopic (exact) mass is 155 g/mol. The van der Waals surface area contributed by atoms with Crippen molar-refractivity contribution in [1.82, 2.24) is 4.98 Å². The zero-order valence-corrected chi connectivity index (χ0v) is 5.90. The summed E-state index contributed by atoms with van der Waals surface area (Å²) in [7, 11) is 0. The van der Waals surface area contributed by atoms with Crippen LogP contribution in [-0.4, -0.2) is 11.7 Å². The van der Waals surface area contributed by atoms with E-state index in [0.717, 1.165) is 0 Å². The van der Waals surface area contributed by atoms with E-state index in [9.17, 15) is 0 Å². The average molecular weight is 155 g/mol. The fourth-order valence-corrected chi connectivity index (χ4v) is 0.668. The van der Waals surface area contributed by atoms with E-state index in [0.29, 0.717) is 6.67 Å². The molecule has 0 radical (unpaired) electrons. The van der Waals surface area contributed by atoms with Gasteiger partial charge in [0.25, 0.3) is 0 Å². The maximum atomic E-state index is 3.74. The van der Waals surface area contributed by atoms with E-state index in [-0.39, 0.29) is 0 Å². The minimum absolute atomic E-state index is 0.417. The Morgan fingerprint density at radius 1 is 1.20 bits per heavy atom. The minimum Gasteiger partial charge on any atom is -0.253 e. The van der Waals surface area contributed by atoms with Gasteiger partial charge in [0.2, 0.25) is 0 Å². The van der Waals surface area contributed by atoms with Gasteiger partial charge in [0.1, 0.15) is 0 Å². The Morgan fingerprint density at radius 2 is 2.00 bits per heavy atom. The second-order valence-corrected chi connectivity index (χ2v) is 2.03. The third-order valence-corrected chi connectivity index (χ3v) is 1.16. The molecule has 0 saturated heterocycles. The van der Waals surface area contributed by atoms with Crippen molar-refractivity contribution in [2.75, 3.05) is 6.67 Å². The SMILES string of the molecule is C1N=NN=N1.c1cscn1. The van der Waals surface area contributed by atoms with Crippen molar-refractivity contribution in [3.63, 3.8) is 0 Å². The number of hydrogen-bond acceptors (Lipinski definition) is 6. The van der Waals surface area contributed by atoms with E-state index in [1.807, 2.05) is 5.38 Å². The van der Waals surface area contributed by atoms with Crippen LogP contribution in [0.1, 0.15) is 0 Å². The summed E-state index contributed by atoms with van der Waals surface area (Å²) < 4.78 is 0. The summed E-state index contributed by atoms with van der Waals surface area (Å²) in [6, 6.07) is 0. The summed E-state index contributed by atoms with van der Waals surface area (Å²) in [6.45, 7) is 0.417. The molecule has 2 rings (SSSR count). The molecular formula is C4H5N5S. The molecule has 0 unspecified atom stereocenters. The van der Waals surface area contributed by atoms with Crippen molar-refractivity contribution in [3.05, 3.63) is 17.1 Å². The first-order chi connectivity index (χ1) is 5.00. The van der Waals surface area contributed by atoms with E-state index in [4.69, 9.17) is 0 Å². The van der Waals surface area contributed by atoms with Crippen molar-refractivity contribution in [2.45, 2.75) is 0 Å². The molecule has 0 N–H and O–H groups in total. The van der Waals surface area contributed by atoms with Gasteiger partial charge in [-0.3, -0.25) is 4.98 Å². The van der Waals surface area contributed by atoms with Crippen LogP contribution in [0.25, 0.3) is 0 Å². The Balaban J connectivity index is 0.0000001000. The lowest BCUT2D eigenvalue weighted by molar-refractivity contribution is 1.05. The zero-order chi connectivity index (χ0) is 7.07. The Hall–Kier alpha value is -1.17. The molecule has 5 nitrogen and oxygen atoms in total. The molecule has 1 aromatic heterocycles. The zero-order valence-electron chi connectivity index (χ0n) is 5.08. The molecule has 0 amide bonds. The average Bonchev–Trinajstić information content (AvgIpc) is 2.67. The molecule has 1 aliphatic heterocycles. The number of nitrogens with zero attached hydrogens (tertiary/aromatic N) is 5. The Bertz CT molecular complexity index is 176. The molecule has 1 aliphatic rings. The number of thiazole rings is 1. The van der Waals surface area contributed by atoms with Crippen LogP contribution in [0.3, 0.4) is 0 Å². The van der Waals surface area contributed by atoms with Crippen LogP contribution in [-0.2, 0) is 0 Å². The second-order valence-electron chi connectivity index (χ2n) is 1.28. The Labute approximate surface area is 61.5 Å². The smallest absolute Gasteiger partial charge is 0.175 e. The van der Waals surface area contributed by atoms with E-state index >= 15 is 0 Å². The highest BCUT2D eigenvalue weighted by Gasteiger charge is 1.76. The summed E-state index contributed by atoms with van der Waals surface area (Å²) in [5.74, 6) is 0. The summed E-state index contributed by atoms with van der Waals surface area (Å²) in [6.07, 6.45) is 1.77. The molecule has 0 bridgehead atoms. The summed E-state index contributed by atoms with van der Waals surface area (Å²) in [4.78, 5) is 3.74. The fourth-order valence-electron chi connectivity index (χ4n) is 0.317. The summed E-state index contributed by atoms with van der Waals surface area (Å²) >= 11 is 1.60. The van der Waals surface area contributed by atoms with Crippen LogP contribution in [0.2, 0.25) is 0 Å². The quantitative estimate of drug-likeness (QED) is 0.564. The first kappa shape index (κ1) is 6.94. The summed E-state index contributed by atoms with van der Waals surface area (Å²) in [5, 5.41) is 15.0. The van der Waals surface area contributed by atoms with Crippen molar-refractivity contribution >= 4 is 11.3 Å². The normalized spacial score (nSPS) is 12.8. The molecule has 2 heterocycles. The van der Waals surface area contributed by atoms with Crippen molar-refractivity contribution < 1.29 is 0 Å². The van der Waals surface area contributed by atoms with Gasteiger partial charge in [-0.2, -0.15) is 0 Å². The highest BCUT2D eigenvalue weighted by atomic mass is 32.1. The van der Waals surface area contributed by atoms with Crippen molar-refractivity contribution in [2.24, 2.45) is 20.7 Å². The van der Waals surface area contributed by atoms with Crippen molar-refractivity contribution in [3.8, 4) is 0 Å². The number of hydrogen-bond donors (Lipinski definition) is 0. The lowest BCUT2D eigenvalue weighted by Gasteiger charge is -1.52. The van der Waals surface area contributed by atoms with Gasteiger partial charge in [-0.05, 0) is 10.4 Å². The minimum atomic E-state index is 0.417. The molecule has 0 saturated carbocycles. The Morgan fingerprint density at radius 3 is 2.20 bits per heavy atom. The van der Waals surface area contributed by atoms with E-state index < -0.39 is 0 Å². The predicted octanol–water partition coefficient (Wildman–Crippen LogP) is 1.92. The molecule has 1 aromatic rings. The maximum absolute atomic E-state index is 3.74. The van der Waals surface area contributed by atoms with Crippen LogP contribution >= 0.6 is 11.3 Å². The van der Waals surface area contributed by atoms with Gasteiger partial charge in [0.15, 0.2) is 6.67 Å². The van der Waals surface area contributed by atoms with Crippen LogP contribution in [0.5, 0.6) is 0 Å². The molecule has 52 valence electrons. The van der Waals surface area contributed by atoms with Crippen molar-refractivity contribution in [1.29, 1.82) is 0 Å². The molecule has 0 aromatic carbocycles. The fraction of sp³-hybridized carbons (Fsp3) is 0.250. The largest absolute Gasteiger partial charge is 0.253 e. The van der Waals surface area contributed by atoms with Crippen LogP contribution in [0, 0.1) is 0 Å². The Kier molecular flexibility index (Phi) is 3.25.